The van der Waals surface area contributed by atoms with Gasteiger partial charge in [-0.1, -0.05) is 36.4 Å². The molecule has 0 spiro atoms. The summed E-state index contributed by atoms with van der Waals surface area (Å²) in [5.74, 6) is 0.237. The van der Waals surface area contributed by atoms with Crippen LogP contribution in [-0.2, 0) is 0 Å². The lowest BCUT2D eigenvalue weighted by atomic mass is 10.0. The Balaban J connectivity index is 1.99. The van der Waals surface area contributed by atoms with Gasteiger partial charge in [0.2, 0.25) is 5.95 Å². The summed E-state index contributed by atoms with van der Waals surface area (Å²) in [6.07, 6.45) is 0. The number of rotatable bonds is 2. The Bertz CT molecular complexity index is 1070. The fourth-order valence-electron chi connectivity index (χ4n) is 2.90. The van der Waals surface area contributed by atoms with Crippen molar-refractivity contribution in [1.29, 1.82) is 0 Å². The van der Waals surface area contributed by atoms with Gasteiger partial charge >= 0.3 is 0 Å². The number of fused-ring (bicyclic) bond motifs is 1. The molecule has 4 rings (SSSR count). The van der Waals surface area contributed by atoms with Crippen LogP contribution >= 0.6 is 0 Å². The van der Waals surface area contributed by atoms with Crippen molar-refractivity contribution in [3.63, 3.8) is 0 Å². The van der Waals surface area contributed by atoms with Gasteiger partial charge in [-0.25, -0.2) is 15.0 Å². The number of aromatic nitrogens is 3. The van der Waals surface area contributed by atoms with Crippen molar-refractivity contribution in [2.24, 2.45) is 0 Å². The van der Waals surface area contributed by atoms with Crippen molar-refractivity contribution in [2.75, 3.05) is 11.5 Å². The molecule has 5 nitrogen and oxygen atoms in total. The van der Waals surface area contributed by atoms with E-state index in [0.29, 0.717) is 5.69 Å². The Morgan fingerprint density at radius 1 is 0.800 bits per heavy atom. The molecule has 122 valence electrons. The SMILES string of the molecule is Cc1ccc(N)cc1-c1ccc2nc(N)nc(-c3ccccc3)c2n1. The van der Waals surface area contributed by atoms with E-state index in [2.05, 4.69) is 9.97 Å². The number of hydrogen-bond acceptors (Lipinski definition) is 5. The van der Waals surface area contributed by atoms with E-state index >= 15 is 0 Å². The van der Waals surface area contributed by atoms with Crippen LogP contribution in [0.25, 0.3) is 33.5 Å². The highest BCUT2D eigenvalue weighted by Crippen LogP contribution is 2.30. The van der Waals surface area contributed by atoms with Crippen LogP contribution in [0.4, 0.5) is 11.6 Å². The first-order valence-corrected chi connectivity index (χ1v) is 7.98. The molecule has 2 aromatic carbocycles. The van der Waals surface area contributed by atoms with Gasteiger partial charge in [0.05, 0.1) is 11.2 Å². The third-order valence-electron chi connectivity index (χ3n) is 4.14. The summed E-state index contributed by atoms with van der Waals surface area (Å²) in [5, 5.41) is 0. The molecule has 2 heterocycles. The molecule has 0 saturated carbocycles. The van der Waals surface area contributed by atoms with Gasteiger partial charge in [0.25, 0.3) is 0 Å². The molecule has 0 aliphatic heterocycles. The summed E-state index contributed by atoms with van der Waals surface area (Å²) in [6, 6.07) is 19.5. The summed E-state index contributed by atoms with van der Waals surface area (Å²) < 4.78 is 0. The smallest absolute Gasteiger partial charge is 0.221 e. The predicted molar refractivity (Wildman–Crippen MR) is 102 cm³/mol. The monoisotopic (exact) mass is 327 g/mol. The van der Waals surface area contributed by atoms with E-state index in [-0.39, 0.29) is 5.95 Å². The number of nitrogen functional groups attached to an aromatic ring is 2. The van der Waals surface area contributed by atoms with Crippen LogP contribution in [0.2, 0.25) is 0 Å². The van der Waals surface area contributed by atoms with E-state index in [4.69, 9.17) is 16.5 Å². The molecule has 4 aromatic rings. The molecule has 0 saturated heterocycles. The van der Waals surface area contributed by atoms with Gasteiger partial charge in [-0.05, 0) is 36.8 Å². The second-order valence-corrected chi connectivity index (χ2v) is 5.94. The number of nitrogens with zero attached hydrogens (tertiary/aromatic N) is 3. The molecule has 0 aliphatic carbocycles. The van der Waals surface area contributed by atoms with E-state index in [1.165, 1.54) is 0 Å². The van der Waals surface area contributed by atoms with Crippen LogP contribution in [0.5, 0.6) is 0 Å². The van der Waals surface area contributed by atoms with E-state index < -0.39 is 0 Å². The standard InChI is InChI=1S/C20H17N5/c1-12-7-8-14(21)11-15(12)16-9-10-17-19(23-16)18(25-20(22)24-17)13-5-3-2-4-6-13/h2-11H,21H2,1H3,(H2,22,24,25). The number of nitrogens with two attached hydrogens (primary N) is 2. The van der Waals surface area contributed by atoms with Crippen LogP contribution in [0.1, 0.15) is 5.56 Å². The molecule has 25 heavy (non-hydrogen) atoms. The van der Waals surface area contributed by atoms with Gasteiger partial charge in [-0.15, -0.1) is 0 Å². The van der Waals surface area contributed by atoms with Crippen LogP contribution in [0.15, 0.2) is 60.7 Å². The largest absolute Gasteiger partial charge is 0.399 e. The van der Waals surface area contributed by atoms with E-state index in [0.717, 1.165) is 39.1 Å². The second-order valence-electron chi connectivity index (χ2n) is 5.94. The van der Waals surface area contributed by atoms with E-state index in [1.807, 2.05) is 67.6 Å². The van der Waals surface area contributed by atoms with E-state index in [1.54, 1.807) is 0 Å². The molecule has 0 radical (unpaired) electrons. The number of pyridine rings is 1. The molecular weight excluding hydrogens is 310 g/mol. The second kappa shape index (κ2) is 5.87. The third-order valence-corrected chi connectivity index (χ3v) is 4.14. The Hall–Kier alpha value is -3.47. The van der Waals surface area contributed by atoms with Crippen LogP contribution in [0.3, 0.4) is 0 Å². The highest BCUT2D eigenvalue weighted by atomic mass is 15.0. The van der Waals surface area contributed by atoms with Crippen LogP contribution in [-0.4, -0.2) is 15.0 Å². The predicted octanol–water partition coefficient (Wildman–Crippen LogP) is 3.83. The highest BCUT2D eigenvalue weighted by Gasteiger charge is 2.12. The lowest BCUT2D eigenvalue weighted by Gasteiger charge is -2.10. The molecule has 0 atom stereocenters. The van der Waals surface area contributed by atoms with Crippen molar-refractivity contribution >= 4 is 22.7 Å². The molecule has 0 bridgehead atoms. The molecular formula is C20H17N5. The van der Waals surface area contributed by atoms with Crippen LogP contribution < -0.4 is 11.5 Å². The van der Waals surface area contributed by atoms with E-state index in [9.17, 15) is 0 Å². The Morgan fingerprint density at radius 2 is 1.60 bits per heavy atom. The molecule has 0 aliphatic rings. The zero-order chi connectivity index (χ0) is 17.4. The lowest BCUT2D eigenvalue weighted by Crippen LogP contribution is -2.00. The van der Waals surface area contributed by atoms with Crippen LogP contribution in [0, 0.1) is 6.92 Å². The maximum absolute atomic E-state index is 5.95. The Kier molecular flexibility index (Phi) is 3.54. The molecule has 0 amide bonds. The molecule has 2 aromatic heterocycles. The fourth-order valence-corrected chi connectivity index (χ4v) is 2.90. The normalized spacial score (nSPS) is 10.9. The average molecular weight is 327 g/mol. The average Bonchev–Trinajstić information content (AvgIpc) is 2.63. The fraction of sp³-hybridized carbons (Fsp3) is 0.0500. The maximum Gasteiger partial charge on any atom is 0.221 e. The van der Waals surface area contributed by atoms with Gasteiger partial charge in [-0.3, -0.25) is 0 Å². The summed E-state index contributed by atoms with van der Waals surface area (Å²) in [5.41, 5.74) is 18.6. The van der Waals surface area contributed by atoms with Gasteiger partial charge < -0.3 is 11.5 Å². The summed E-state index contributed by atoms with van der Waals surface area (Å²) >= 11 is 0. The maximum atomic E-state index is 5.95. The summed E-state index contributed by atoms with van der Waals surface area (Å²) in [7, 11) is 0. The molecule has 4 N–H and O–H groups in total. The van der Waals surface area contributed by atoms with Crippen molar-refractivity contribution in [3.05, 3.63) is 66.2 Å². The highest BCUT2D eigenvalue weighted by molar-refractivity contribution is 5.91. The first-order valence-electron chi connectivity index (χ1n) is 7.98. The van der Waals surface area contributed by atoms with Crippen molar-refractivity contribution in [1.82, 2.24) is 15.0 Å². The summed E-state index contributed by atoms with van der Waals surface area (Å²) in [4.78, 5) is 13.6. The minimum absolute atomic E-state index is 0.237. The molecule has 0 fully saturated rings. The summed E-state index contributed by atoms with van der Waals surface area (Å²) in [6.45, 7) is 2.04. The molecule has 0 unspecified atom stereocenters. The minimum atomic E-state index is 0.237. The topological polar surface area (TPSA) is 90.7 Å². The van der Waals surface area contributed by atoms with Gasteiger partial charge in [0.15, 0.2) is 0 Å². The Labute approximate surface area is 145 Å². The quantitative estimate of drug-likeness (QED) is 0.546. The first-order chi connectivity index (χ1) is 12.1. The number of anilines is 2. The first kappa shape index (κ1) is 15.1. The minimum Gasteiger partial charge on any atom is -0.399 e. The van der Waals surface area contributed by atoms with Gasteiger partial charge in [-0.2, -0.15) is 0 Å². The lowest BCUT2D eigenvalue weighted by molar-refractivity contribution is 1.21. The molecule has 5 heteroatoms. The Morgan fingerprint density at radius 3 is 2.40 bits per heavy atom. The van der Waals surface area contributed by atoms with Gasteiger partial charge in [0, 0.05) is 16.8 Å². The van der Waals surface area contributed by atoms with Crippen molar-refractivity contribution in [3.8, 4) is 22.5 Å². The number of hydrogen-bond donors (Lipinski definition) is 2. The number of benzene rings is 2. The van der Waals surface area contributed by atoms with Gasteiger partial charge in [0.1, 0.15) is 11.2 Å². The van der Waals surface area contributed by atoms with Crippen molar-refractivity contribution < 1.29 is 0 Å². The third kappa shape index (κ3) is 2.76. The zero-order valence-electron chi connectivity index (χ0n) is 13.8. The zero-order valence-corrected chi connectivity index (χ0v) is 13.8. The van der Waals surface area contributed by atoms with Crippen molar-refractivity contribution in [2.45, 2.75) is 6.92 Å². The number of aryl methyl sites for hydroxylation is 1.